The van der Waals surface area contributed by atoms with Crippen LogP contribution in [0.2, 0.25) is 0 Å². The van der Waals surface area contributed by atoms with Gasteiger partial charge < -0.3 is 9.84 Å². The Bertz CT molecular complexity index is 611. The number of fused-ring (bicyclic) bond motifs is 3. The van der Waals surface area contributed by atoms with E-state index in [9.17, 15) is 14.7 Å². The minimum Gasteiger partial charge on any atom is -0.469 e. The van der Waals surface area contributed by atoms with Gasteiger partial charge in [0, 0.05) is 18.3 Å². The molecule has 7 atom stereocenters. The number of carbonyl (C=O) groups is 2. The molecule has 0 aromatic rings. The van der Waals surface area contributed by atoms with Crippen LogP contribution in [0.5, 0.6) is 0 Å². The lowest BCUT2D eigenvalue weighted by Gasteiger charge is -2.61. The van der Waals surface area contributed by atoms with E-state index in [0.29, 0.717) is 24.7 Å². The summed E-state index contributed by atoms with van der Waals surface area (Å²) >= 11 is 0. The van der Waals surface area contributed by atoms with Crippen molar-refractivity contribution in [1.82, 2.24) is 0 Å². The number of ether oxygens (including phenoxy) is 1. The van der Waals surface area contributed by atoms with Crippen LogP contribution in [0.4, 0.5) is 0 Å². The molecule has 4 rings (SSSR count). The molecule has 4 saturated carbocycles. The Morgan fingerprint density at radius 3 is 2.79 bits per heavy atom. The van der Waals surface area contributed by atoms with Crippen LogP contribution < -0.4 is 0 Å². The molecular weight excluding hydrogens is 304 g/mol. The zero-order valence-electron chi connectivity index (χ0n) is 14.7. The van der Waals surface area contributed by atoms with Crippen molar-refractivity contribution in [2.24, 2.45) is 34.5 Å². The molecule has 0 aromatic carbocycles. The number of esters is 1. The number of aliphatic hydroxyl groups excluding tert-OH is 1. The van der Waals surface area contributed by atoms with E-state index < -0.39 is 6.10 Å². The number of carbonyl (C=O) groups excluding carboxylic acids is 2. The van der Waals surface area contributed by atoms with E-state index in [1.54, 1.807) is 0 Å². The lowest BCUT2D eigenvalue weighted by Crippen LogP contribution is -2.58. The van der Waals surface area contributed by atoms with Gasteiger partial charge in [-0.1, -0.05) is 13.5 Å². The summed E-state index contributed by atoms with van der Waals surface area (Å²) in [5.74, 6) is 0.557. The quantitative estimate of drug-likeness (QED) is 0.592. The second kappa shape index (κ2) is 5.17. The smallest absolute Gasteiger partial charge is 0.309 e. The summed E-state index contributed by atoms with van der Waals surface area (Å²) in [7, 11) is 1.42. The largest absolute Gasteiger partial charge is 0.469 e. The standard InChI is InChI=1S/C20H28O4/c1-11-12-4-5-16-19(2)10-13(21)8-14(18(23)24-3)15(19)6-7-20(16,9-12)17(11)22/h12,14-17,22H,1,4-10H2,2-3H3/t12-,14-,15+,16-,17-,19+,20+/m0/s1. The number of rotatable bonds is 1. The number of hydrogen-bond acceptors (Lipinski definition) is 4. The maximum atomic E-state index is 12.5. The van der Waals surface area contributed by atoms with Crippen molar-refractivity contribution in [2.75, 3.05) is 7.11 Å². The molecule has 1 N–H and O–H groups in total. The lowest BCUT2D eigenvalue weighted by molar-refractivity contribution is -0.177. The van der Waals surface area contributed by atoms with Gasteiger partial charge in [-0.15, -0.1) is 0 Å². The summed E-state index contributed by atoms with van der Waals surface area (Å²) in [6.07, 6.45) is 5.37. The van der Waals surface area contributed by atoms with Crippen LogP contribution in [0.25, 0.3) is 0 Å². The molecule has 4 nitrogen and oxygen atoms in total. The van der Waals surface area contributed by atoms with Gasteiger partial charge in [-0.2, -0.15) is 0 Å². The fourth-order valence-corrected chi connectivity index (χ4v) is 7.18. The molecule has 2 bridgehead atoms. The minimum atomic E-state index is -0.443. The molecule has 0 aromatic heterocycles. The number of aliphatic hydroxyl groups is 1. The fraction of sp³-hybridized carbons (Fsp3) is 0.800. The highest BCUT2D eigenvalue weighted by Crippen LogP contribution is 2.70. The molecule has 4 fully saturated rings. The molecule has 0 amide bonds. The molecule has 132 valence electrons. The Morgan fingerprint density at radius 1 is 1.33 bits per heavy atom. The van der Waals surface area contributed by atoms with Gasteiger partial charge in [0.05, 0.1) is 19.1 Å². The van der Waals surface area contributed by atoms with E-state index in [1.807, 2.05) is 0 Å². The van der Waals surface area contributed by atoms with Crippen LogP contribution in [-0.2, 0) is 14.3 Å². The van der Waals surface area contributed by atoms with Gasteiger partial charge in [-0.25, -0.2) is 0 Å². The van der Waals surface area contributed by atoms with Crippen molar-refractivity contribution in [3.8, 4) is 0 Å². The second-order valence-corrected chi connectivity index (χ2v) is 8.94. The third kappa shape index (κ3) is 1.89. The molecule has 4 heteroatoms. The number of methoxy groups -OCH3 is 1. The molecule has 4 aliphatic rings. The van der Waals surface area contributed by atoms with E-state index in [0.717, 1.165) is 37.7 Å². The first-order chi connectivity index (χ1) is 11.3. The summed E-state index contributed by atoms with van der Waals surface area (Å²) in [6, 6.07) is 0. The molecule has 4 aliphatic carbocycles. The molecule has 0 radical (unpaired) electrons. The zero-order valence-corrected chi connectivity index (χ0v) is 14.7. The Labute approximate surface area is 143 Å². The molecule has 0 heterocycles. The molecule has 24 heavy (non-hydrogen) atoms. The average Bonchev–Trinajstić information content (AvgIpc) is 2.73. The monoisotopic (exact) mass is 332 g/mol. The Morgan fingerprint density at radius 2 is 2.08 bits per heavy atom. The fourth-order valence-electron chi connectivity index (χ4n) is 7.18. The van der Waals surface area contributed by atoms with Crippen LogP contribution in [0.1, 0.15) is 51.9 Å². The third-order valence-electron chi connectivity index (χ3n) is 8.12. The van der Waals surface area contributed by atoms with Crippen LogP contribution in [0, 0.1) is 34.5 Å². The Kier molecular flexibility index (Phi) is 3.51. The van der Waals surface area contributed by atoms with Gasteiger partial charge in [0.2, 0.25) is 0 Å². The maximum Gasteiger partial charge on any atom is 0.309 e. The van der Waals surface area contributed by atoms with Crippen molar-refractivity contribution < 1.29 is 19.4 Å². The first-order valence-electron chi connectivity index (χ1n) is 9.30. The Balaban J connectivity index is 1.75. The average molecular weight is 332 g/mol. The third-order valence-corrected chi connectivity index (χ3v) is 8.12. The summed E-state index contributed by atoms with van der Waals surface area (Å²) in [5.41, 5.74) is 0.679. The highest BCUT2D eigenvalue weighted by molar-refractivity contribution is 5.87. The number of ketones is 1. The van der Waals surface area contributed by atoms with E-state index in [4.69, 9.17) is 4.74 Å². The van der Waals surface area contributed by atoms with Crippen LogP contribution in [-0.4, -0.2) is 30.1 Å². The van der Waals surface area contributed by atoms with Crippen molar-refractivity contribution in [1.29, 1.82) is 0 Å². The molecule has 1 spiro atoms. The molecule has 0 aliphatic heterocycles. The highest BCUT2D eigenvalue weighted by atomic mass is 16.5. The van der Waals surface area contributed by atoms with Gasteiger partial charge in [0.1, 0.15) is 5.78 Å². The predicted molar refractivity (Wildman–Crippen MR) is 89.0 cm³/mol. The van der Waals surface area contributed by atoms with Gasteiger partial charge >= 0.3 is 5.97 Å². The Hall–Kier alpha value is -1.16. The summed E-state index contributed by atoms with van der Waals surface area (Å²) < 4.78 is 5.01. The van der Waals surface area contributed by atoms with E-state index in [2.05, 4.69) is 13.5 Å². The van der Waals surface area contributed by atoms with Crippen LogP contribution in [0.3, 0.4) is 0 Å². The topological polar surface area (TPSA) is 63.6 Å². The zero-order chi connectivity index (χ0) is 17.3. The summed E-state index contributed by atoms with van der Waals surface area (Å²) in [6.45, 7) is 6.37. The van der Waals surface area contributed by atoms with E-state index in [1.165, 1.54) is 7.11 Å². The SMILES string of the molecule is C=C1[C@H]2CC[C@H]3[C@]4(C)CC(=O)C[C@H](C(=O)OC)[C@H]4CC[C@]3(C2)[C@H]1O. The molecular formula is C20H28O4. The van der Waals surface area contributed by atoms with Gasteiger partial charge in [0.15, 0.2) is 0 Å². The highest BCUT2D eigenvalue weighted by Gasteiger charge is 2.66. The van der Waals surface area contributed by atoms with Gasteiger partial charge in [0.25, 0.3) is 0 Å². The van der Waals surface area contributed by atoms with Crippen molar-refractivity contribution in [3.63, 3.8) is 0 Å². The number of hydrogen-bond donors (Lipinski definition) is 1. The van der Waals surface area contributed by atoms with Crippen molar-refractivity contribution in [2.45, 2.75) is 58.0 Å². The van der Waals surface area contributed by atoms with E-state index >= 15 is 0 Å². The van der Waals surface area contributed by atoms with Crippen LogP contribution >= 0.6 is 0 Å². The first kappa shape index (κ1) is 16.3. The maximum absolute atomic E-state index is 12.5. The van der Waals surface area contributed by atoms with Crippen LogP contribution in [0.15, 0.2) is 12.2 Å². The normalized spacial score (nSPS) is 50.2. The summed E-state index contributed by atoms with van der Waals surface area (Å²) in [4.78, 5) is 24.8. The second-order valence-electron chi connectivity index (χ2n) is 8.94. The lowest BCUT2D eigenvalue weighted by atomic mass is 9.43. The minimum absolute atomic E-state index is 0.121. The first-order valence-corrected chi connectivity index (χ1v) is 9.30. The molecule has 0 saturated heterocycles. The summed E-state index contributed by atoms with van der Waals surface area (Å²) in [5, 5.41) is 11.0. The predicted octanol–water partition coefficient (Wildman–Crippen LogP) is 2.89. The van der Waals surface area contributed by atoms with Crippen molar-refractivity contribution in [3.05, 3.63) is 12.2 Å². The van der Waals surface area contributed by atoms with Gasteiger partial charge in [-0.3, -0.25) is 9.59 Å². The molecule has 0 unspecified atom stereocenters. The number of Topliss-reactive ketones (excluding diaryl/α,β-unsaturated/α-hetero) is 1. The van der Waals surface area contributed by atoms with E-state index in [-0.39, 0.29) is 34.4 Å². The van der Waals surface area contributed by atoms with Gasteiger partial charge in [-0.05, 0) is 60.8 Å². The van der Waals surface area contributed by atoms with Crippen molar-refractivity contribution >= 4 is 11.8 Å².